The van der Waals surface area contributed by atoms with Gasteiger partial charge in [0.2, 0.25) is 0 Å². The van der Waals surface area contributed by atoms with Gasteiger partial charge in [-0.2, -0.15) is 0 Å². The highest BCUT2D eigenvalue weighted by Crippen LogP contribution is 2.39. The molecule has 4 N–H and O–H groups in total. The number of rotatable bonds is 5. The first-order valence-corrected chi connectivity index (χ1v) is 9.20. The second kappa shape index (κ2) is 7.75. The first-order chi connectivity index (χ1) is 12.3. The number of nitrogens with two attached hydrogens (primary N) is 2. The van der Waals surface area contributed by atoms with Crippen molar-refractivity contribution in [2.75, 3.05) is 5.73 Å². The van der Waals surface area contributed by atoms with Gasteiger partial charge in [0.15, 0.2) is 11.5 Å². The highest BCUT2D eigenvalue weighted by Gasteiger charge is 2.16. The largest absolute Gasteiger partial charge is 0.382 e. The van der Waals surface area contributed by atoms with Crippen LogP contribution in [0.25, 0.3) is 0 Å². The van der Waals surface area contributed by atoms with Crippen molar-refractivity contribution >= 4 is 58.3 Å². The quantitative estimate of drug-likeness (QED) is 0.637. The molecule has 0 bridgehead atoms. The molecular formula is C16H12Cl3N5OS. The van der Waals surface area contributed by atoms with Crippen LogP contribution in [0.5, 0.6) is 0 Å². The number of primary amides is 1. The van der Waals surface area contributed by atoms with Gasteiger partial charge in [0, 0.05) is 14.8 Å². The summed E-state index contributed by atoms with van der Waals surface area (Å²) >= 11 is 20.1. The van der Waals surface area contributed by atoms with E-state index in [2.05, 4.69) is 10.3 Å². The number of amides is 1. The molecule has 0 saturated carbocycles. The zero-order valence-electron chi connectivity index (χ0n) is 13.1. The highest BCUT2D eigenvalue weighted by atomic mass is 35.5. The van der Waals surface area contributed by atoms with Crippen LogP contribution >= 0.6 is 46.6 Å². The Balaban J connectivity index is 1.85. The third-order valence-corrected chi connectivity index (χ3v) is 5.65. The molecule has 6 nitrogen and oxygen atoms in total. The third-order valence-electron chi connectivity index (χ3n) is 3.43. The predicted octanol–water partition coefficient (Wildman–Crippen LogP) is 4.12. The SMILES string of the molecule is NC(=O)c1nnn(Cc2cc(Cl)c(Sc3ccc(Cl)cc3)c(Cl)c2)c1N. The van der Waals surface area contributed by atoms with Gasteiger partial charge in [0.25, 0.3) is 5.91 Å². The standard InChI is InChI=1S/C16H12Cl3N5OS/c17-9-1-3-10(4-2-9)26-14-11(18)5-8(6-12(14)19)7-24-15(20)13(16(21)25)22-23-24/h1-6H,7,20H2,(H2,21,25). The molecule has 26 heavy (non-hydrogen) atoms. The Labute approximate surface area is 168 Å². The van der Waals surface area contributed by atoms with E-state index in [-0.39, 0.29) is 18.1 Å². The van der Waals surface area contributed by atoms with E-state index in [0.717, 1.165) is 15.4 Å². The number of carbonyl (C=O) groups excluding carboxylic acids is 1. The van der Waals surface area contributed by atoms with Gasteiger partial charge in [-0.3, -0.25) is 4.79 Å². The average molecular weight is 429 g/mol. The zero-order chi connectivity index (χ0) is 18.8. The number of benzene rings is 2. The maximum absolute atomic E-state index is 11.2. The molecule has 0 unspecified atom stereocenters. The lowest BCUT2D eigenvalue weighted by Crippen LogP contribution is -2.15. The molecule has 3 aromatic rings. The molecule has 1 heterocycles. The molecule has 1 aromatic heterocycles. The van der Waals surface area contributed by atoms with Gasteiger partial charge in [-0.05, 0) is 42.0 Å². The summed E-state index contributed by atoms with van der Waals surface area (Å²) in [6.45, 7) is 0.247. The highest BCUT2D eigenvalue weighted by molar-refractivity contribution is 7.99. The minimum atomic E-state index is -0.737. The minimum absolute atomic E-state index is 0.0721. The zero-order valence-corrected chi connectivity index (χ0v) is 16.2. The topological polar surface area (TPSA) is 99.8 Å². The molecule has 0 radical (unpaired) electrons. The molecule has 0 aliphatic carbocycles. The second-order valence-electron chi connectivity index (χ2n) is 5.29. The van der Waals surface area contributed by atoms with Crippen molar-refractivity contribution in [3.63, 3.8) is 0 Å². The Kier molecular flexibility index (Phi) is 5.62. The Morgan fingerprint density at radius 3 is 2.27 bits per heavy atom. The molecule has 0 spiro atoms. The Morgan fingerprint density at radius 2 is 1.73 bits per heavy atom. The molecule has 10 heteroatoms. The summed E-state index contributed by atoms with van der Waals surface area (Å²) in [6, 6.07) is 10.9. The van der Waals surface area contributed by atoms with Crippen LogP contribution in [0.3, 0.4) is 0 Å². The molecule has 0 fully saturated rings. The lowest BCUT2D eigenvalue weighted by atomic mass is 10.2. The Bertz CT molecular complexity index is 952. The van der Waals surface area contributed by atoms with E-state index in [9.17, 15) is 4.79 Å². The van der Waals surface area contributed by atoms with E-state index in [1.807, 2.05) is 12.1 Å². The number of halogens is 3. The number of aromatic nitrogens is 3. The van der Waals surface area contributed by atoms with Gasteiger partial charge in [-0.1, -0.05) is 51.8 Å². The van der Waals surface area contributed by atoms with Crippen molar-refractivity contribution < 1.29 is 4.79 Å². The van der Waals surface area contributed by atoms with E-state index in [4.69, 9.17) is 46.3 Å². The number of nitrogen functional groups attached to an aromatic ring is 1. The van der Waals surface area contributed by atoms with Crippen molar-refractivity contribution in [2.45, 2.75) is 16.3 Å². The number of anilines is 1. The molecule has 3 rings (SSSR count). The fourth-order valence-electron chi connectivity index (χ4n) is 2.21. The van der Waals surface area contributed by atoms with Crippen LogP contribution in [-0.2, 0) is 6.54 Å². The number of carbonyl (C=O) groups is 1. The van der Waals surface area contributed by atoms with Crippen molar-refractivity contribution in [1.82, 2.24) is 15.0 Å². The first kappa shape index (κ1) is 18.8. The van der Waals surface area contributed by atoms with Gasteiger partial charge < -0.3 is 11.5 Å². The number of nitrogens with zero attached hydrogens (tertiary/aromatic N) is 3. The molecule has 0 aliphatic heterocycles. The van der Waals surface area contributed by atoms with Crippen LogP contribution in [-0.4, -0.2) is 20.9 Å². The van der Waals surface area contributed by atoms with Crippen molar-refractivity contribution in [3.8, 4) is 0 Å². The summed E-state index contributed by atoms with van der Waals surface area (Å²) in [5.74, 6) is -0.649. The summed E-state index contributed by atoms with van der Waals surface area (Å²) in [6.07, 6.45) is 0. The van der Waals surface area contributed by atoms with Crippen LogP contribution in [0.4, 0.5) is 5.82 Å². The molecule has 134 valence electrons. The number of hydrogen-bond acceptors (Lipinski definition) is 5. The molecule has 0 atom stereocenters. The van der Waals surface area contributed by atoms with Crippen LogP contribution in [0.2, 0.25) is 15.1 Å². The Morgan fingerprint density at radius 1 is 1.12 bits per heavy atom. The lowest BCUT2D eigenvalue weighted by molar-refractivity contribution is 0.0996. The normalized spacial score (nSPS) is 10.9. The third kappa shape index (κ3) is 4.07. The lowest BCUT2D eigenvalue weighted by Gasteiger charge is -2.10. The minimum Gasteiger partial charge on any atom is -0.382 e. The van der Waals surface area contributed by atoms with Crippen LogP contribution in [0.1, 0.15) is 16.1 Å². The maximum Gasteiger partial charge on any atom is 0.273 e. The van der Waals surface area contributed by atoms with Crippen LogP contribution in [0.15, 0.2) is 46.2 Å². The van der Waals surface area contributed by atoms with Crippen molar-refractivity contribution in [3.05, 3.63) is 62.7 Å². The van der Waals surface area contributed by atoms with Crippen LogP contribution in [0, 0.1) is 0 Å². The van der Waals surface area contributed by atoms with Gasteiger partial charge >= 0.3 is 0 Å². The predicted molar refractivity (Wildman–Crippen MR) is 104 cm³/mol. The van der Waals surface area contributed by atoms with Crippen molar-refractivity contribution in [2.24, 2.45) is 5.73 Å². The Hall–Kier alpha value is -1.93. The summed E-state index contributed by atoms with van der Waals surface area (Å²) in [7, 11) is 0. The smallest absolute Gasteiger partial charge is 0.273 e. The maximum atomic E-state index is 11.2. The average Bonchev–Trinajstić information content (AvgIpc) is 2.94. The molecule has 0 saturated heterocycles. The van der Waals surface area contributed by atoms with Gasteiger partial charge in [0.05, 0.1) is 16.6 Å². The van der Waals surface area contributed by atoms with Crippen LogP contribution < -0.4 is 11.5 Å². The fourth-order valence-corrected chi connectivity index (χ4v) is 3.92. The van der Waals surface area contributed by atoms with Gasteiger partial charge in [0.1, 0.15) is 0 Å². The summed E-state index contributed by atoms with van der Waals surface area (Å²) in [5.41, 5.74) is 11.7. The summed E-state index contributed by atoms with van der Waals surface area (Å²) in [4.78, 5) is 12.9. The first-order valence-electron chi connectivity index (χ1n) is 7.25. The molecule has 1 amide bonds. The molecule has 0 aliphatic rings. The van der Waals surface area contributed by atoms with Gasteiger partial charge in [-0.15, -0.1) is 5.10 Å². The van der Waals surface area contributed by atoms with E-state index in [0.29, 0.717) is 15.1 Å². The summed E-state index contributed by atoms with van der Waals surface area (Å²) < 4.78 is 1.36. The summed E-state index contributed by atoms with van der Waals surface area (Å²) in [5, 5.41) is 9.13. The van der Waals surface area contributed by atoms with E-state index < -0.39 is 5.91 Å². The molecular weight excluding hydrogens is 417 g/mol. The fraction of sp³-hybridized carbons (Fsp3) is 0.0625. The van der Waals surface area contributed by atoms with E-state index in [1.165, 1.54) is 16.4 Å². The number of hydrogen-bond donors (Lipinski definition) is 2. The van der Waals surface area contributed by atoms with E-state index in [1.54, 1.807) is 24.3 Å². The monoisotopic (exact) mass is 427 g/mol. The van der Waals surface area contributed by atoms with Crippen molar-refractivity contribution in [1.29, 1.82) is 0 Å². The van der Waals surface area contributed by atoms with Gasteiger partial charge in [-0.25, -0.2) is 4.68 Å². The molecule has 2 aromatic carbocycles. The van der Waals surface area contributed by atoms with E-state index >= 15 is 0 Å². The second-order valence-corrected chi connectivity index (χ2v) is 7.62.